The van der Waals surface area contributed by atoms with E-state index in [1.165, 1.54) is 16.7 Å². The van der Waals surface area contributed by atoms with Gasteiger partial charge >= 0.3 is 0 Å². The molecule has 0 amide bonds. The molecule has 21 heavy (non-hydrogen) atoms. The van der Waals surface area contributed by atoms with Crippen LogP contribution in [-0.2, 0) is 6.42 Å². The van der Waals surface area contributed by atoms with Gasteiger partial charge in [-0.25, -0.2) is 0 Å². The van der Waals surface area contributed by atoms with Gasteiger partial charge in [0.25, 0.3) is 0 Å². The molecule has 0 saturated heterocycles. The van der Waals surface area contributed by atoms with Crippen molar-refractivity contribution in [3.63, 3.8) is 0 Å². The fourth-order valence-electron chi connectivity index (χ4n) is 2.81. The van der Waals surface area contributed by atoms with E-state index in [4.69, 9.17) is 4.74 Å². The van der Waals surface area contributed by atoms with E-state index < -0.39 is 0 Å². The number of halogens is 2. The second-order valence-corrected chi connectivity index (χ2v) is 6.87. The lowest BCUT2D eigenvalue weighted by molar-refractivity contribution is 0.339. The van der Waals surface area contributed by atoms with Crippen LogP contribution in [0.5, 0.6) is 5.75 Å². The predicted molar refractivity (Wildman–Crippen MR) is 93.0 cm³/mol. The number of hydrogen-bond acceptors (Lipinski definition) is 2. The van der Waals surface area contributed by atoms with Gasteiger partial charge in [0.1, 0.15) is 5.75 Å². The van der Waals surface area contributed by atoms with E-state index in [0.717, 1.165) is 27.7 Å². The number of hydrogen-bond donors (Lipinski definition) is 1. The quantitative estimate of drug-likeness (QED) is 0.781. The predicted octanol–water partition coefficient (Wildman–Crippen LogP) is 4.85. The second-order valence-electron chi connectivity index (χ2n) is 5.10. The minimum Gasteiger partial charge on any atom is -0.494 e. The number of nitrogens with one attached hydrogen (secondary N) is 1. The SMILES string of the molecule is CCOc1ccc2c(c1)CCNC2c1cc(Br)ccc1Br. The highest BCUT2D eigenvalue weighted by molar-refractivity contribution is 9.11. The van der Waals surface area contributed by atoms with E-state index >= 15 is 0 Å². The number of rotatable bonds is 3. The Labute approximate surface area is 142 Å². The van der Waals surface area contributed by atoms with Gasteiger partial charge < -0.3 is 10.1 Å². The Hall–Kier alpha value is -0.840. The van der Waals surface area contributed by atoms with Crippen LogP contribution in [-0.4, -0.2) is 13.2 Å². The van der Waals surface area contributed by atoms with Crippen molar-refractivity contribution in [1.29, 1.82) is 0 Å². The van der Waals surface area contributed by atoms with Crippen LogP contribution < -0.4 is 10.1 Å². The summed E-state index contributed by atoms with van der Waals surface area (Å²) in [6, 6.07) is 13.0. The van der Waals surface area contributed by atoms with E-state index in [-0.39, 0.29) is 6.04 Å². The van der Waals surface area contributed by atoms with Crippen LogP contribution in [0.3, 0.4) is 0 Å². The molecule has 1 unspecified atom stereocenters. The first-order chi connectivity index (χ1) is 10.2. The van der Waals surface area contributed by atoms with Gasteiger partial charge in [-0.1, -0.05) is 37.9 Å². The Kier molecular flexibility index (Phi) is 4.67. The summed E-state index contributed by atoms with van der Waals surface area (Å²) >= 11 is 7.24. The van der Waals surface area contributed by atoms with Crippen LogP contribution in [0.25, 0.3) is 0 Å². The maximum absolute atomic E-state index is 5.62. The Bertz CT molecular complexity index is 657. The Balaban J connectivity index is 2.02. The lowest BCUT2D eigenvalue weighted by atomic mass is 9.90. The first-order valence-corrected chi connectivity index (χ1v) is 8.71. The van der Waals surface area contributed by atoms with Crippen molar-refractivity contribution < 1.29 is 4.74 Å². The van der Waals surface area contributed by atoms with Gasteiger partial charge in [0, 0.05) is 15.5 Å². The maximum Gasteiger partial charge on any atom is 0.119 e. The molecule has 1 aliphatic heterocycles. The third-order valence-electron chi connectivity index (χ3n) is 3.75. The van der Waals surface area contributed by atoms with E-state index in [9.17, 15) is 0 Å². The molecular formula is C17H17Br2NO. The molecule has 0 bridgehead atoms. The fraction of sp³-hybridized carbons (Fsp3) is 0.294. The zero-order valence-electron chi connectivity index (χ0n) is 11.8. The molecule has 1 N–H and O–H groups in total. The van der Waals surface area contributed by atoms with Gasteiger partial charge in [-0.05, 0) is 60.4 Å². The van der Waals surface area contributed by atoms with Gasteiger partial charge in [0.15, 0.2) is 0 Å². The number of benzene rings is 2. The Morgan fingerprint density at radius 3 is 2.81 bits per heavy atom. The molecule has 1 aliphatic rings. The molecule has 0 aromatic heterocycles. The molecule has 3 rings (SSSR count). The van der Waals surface area contributed by atoms with Crippen molar-refractivity contribution in [3.05, 3.63) is 62.0 Å². The molecular weight excluding hydrogens is 394 g/mol. The monoisotopic (exact) mass is 409 g/mol. The van der Waals surface area contributed by atoms with Gasteiger partial charge in [-0.15, -0.1) is 0 Å². The lowest BCUT2D eigenvalue weighted by Crippen LogP contribution is -2.30. The molecule has 0 aliphatic carbocycles. The van der Waals surface area contributed by atoms with Crippen LogP contribution in [0.1, 0.15) is 29.7 Å². The standard InChI is InChI=1S/C17H17Br2NO/c1-2-21-13-4-5-14-11(9-13)7-8-20-17(14)15-10-12(18)3-6-16(15)19/h3-6,9-10,17,20H,2,7-8H2,1H3. The average molecular weight is 411 g/mol. The highest BCUT2D eigenvalue weighted by Gasteiger charge is 2.23. The third-order valence-corrected chi connectivity index (χ3v) is 4.96. The van der Waals surface area contributed by atoms with E-state index in [1.54, 1.807) is 0 Å². The zero-order valence-corrected chi connectivity index (χ0v) is 15.0. The van der Waals surface area contributed by atoms with Crippen molar-refractivity contribution in [1.82, 2.24) is 5.32 Å². The number of ether oxygens (including phenoxy) is 1. The van der Waals surface area contributed by atoms with Crippen LogP contribution in [0.4, 0.5) is 0 Å². The third kappa shape index (κ3) is 3.17. The summed E-state index contributed by atoms with van der Waals surface area (Å²) in [7, 11) is 0. The largest absolute Gasteiger partial charge is 0.494 e. The smallest absolute Gasteiger partial charge is 0.119 e. The fourth-order valence-corrected chi connectivity index (χ4v) is 3.67. The average Bonchev–Trinajstić information content (AvgIpc) is 2.49. The van der Waals surface area contributed by atoms with Crippen molar-refractivity contribution in [3.8, 4) is 5.75 Å². The van der Waals surface area contributed by atoms with Gasteiger partial charge in [-0.3, -0.25) is 0 Å². The van der Waals surface area contributed by atoms with Crippen LogP contribution in [0, 0.1) is 0 Å². The van der Waals surface area contributed by atoms with Crippen molar-refractivity contribution >= 4 is 31.9 Å². The van der Waals surface area contributed by atoms with Crippen molar-refractivity contribution in [2.45, 2.75) is 19.4 Å². The van der Waals surface area contributed by atoms with Crippen LogP contribution >= 0.6 is 31.9 Å². The Morgan fingerprint density at radius 1 is 1.14 bits per heavy atom. The molecule has 110 valence electrons. The van der Waals surface area contributed by atoms with Gasteiger partial charge in [-0.2, -0.15) is 0 Å². The Morgan fingerprint density at radius 2 is 2.00 bits per heavy atom. The molecule has 4 heteroatoms. The summed E-state index contributed by atoms with van der Waals surface area (Å²) in [5.41, 5.74) is 3.97. The second kappa shape index (κ2) is 6.51. The highest BCUT2D eigenvalue weighted by atomic mass is 79.9. The van der Waals surface area contributed by atoms with Gasteiger partial charge in [0.05, 0.1) is 12.6 Å². The molecule has 0 fully saturated rings. The normalized spacial score (nSPS) is 17.4. The molecule has 2 aromatic carbocycles. The summed E-state index contributed by atoms with van der Waals surface area (Å²) < 4.78 is 7.85. The molecule has 0 radical (unpaired) electrons. The van der Waals surface area contributed by atoms with E-state index in [1.807, 2.05) is 6.92 Å². The first kappa shape index (κ1) is 15.1. The highest BCUT2D eigenvalue weighted by Crippen LogP contribution is 2.35. The van der Waals surface area contributed by atoms with Crippen molar-refractivity contribution in [2.75, 3.05) is 13.2 Å². The molecule has 1 heterocycles. The van der Waals surface area contributed by atoms with Crippen LogP contribution in [0.15, 0.2) is 45.3 Å². The van der Waals surface area contributed by atoms with Gasteiger partial charge in [0.2, 0.25) is 0 Å². The van der Waals surface area contributed by atoms with Crippen LogP contribution in [0.2, 0.25) is 0 Å². The minimum atomic E-state index is 0.219. The lowest BCUT2D eigenvalue weighted by Gasteiger charge is -2.28. The molecule has 0 spiro atoms. The minimum absolute atomic E-state index is 0.219. The molecule has 1 atom stereocenters. The maximum atomic E-state index is 5.62. The first-order valence-electron chi connectivity index (χ1n) is 7.13. The van der Waals surface area contributed by atoms with E-state index in [0.29, 0.717) is 6.61 Å². The summed E-state index contributed by atoms with van der Waals surface area (Å²) in [6.45, 7) is 3.70. The summed E-state index contributed by atoms with van der Waals surface area (Å²) in [4.78, 5) is 0. The topological polar surface area (TPSA) is 21.3 Å². The molecule has 0 saturated carbocycles. The zero-order chi connectivity index (χ0) is 14.8. The summed E-state index contributed by atoms with van der Waals surface area (Å²) in [5.74, 6) is 0.963. The molecule has 2 nitrogen and oxygen atoms in total. The summed E-state index contributed by atoms with van der Waals surface area (Å²) in [5, 5.41) is 3.62. The number of fused-ring (bicyclic) bond motifs is 1. The van der Waals surface area contributed by atoms with Crippen molar-refractivity contribution in [2.24, 2.45) is 0 Å². The van der Waals surface area contributed by atoms with E-state index in [2.05, 4.69) is 73.6 Å². The summed E-state index contributed by atoms with van der Waals surface area (Å²) in [6.07, 6.45) is 1.04. The molecule has 2 aromatic rings.